The van der Waals surface area contributed by atoms with Crippen LogP contribution in [0.1, 0.15) is 28.8 Å². The van der Waals surface area contributed by atoms with Crippen molar-refractivity contribution in [1.29, 1.82) is 0 Å². The quantitative estimate of drug-likeness (QED) is 0.330. The molecule has 0 aliphatic heterocycles. The minimum Gasteiger partial charge on any atom is -0.493 e. The summed E-state index contributed by atoms with van der Waals surface area (Å²) in [7, 11) is 1.64. The lowest BCUT2D eigenvalue weighted by Gasteiger charge is -2.14. The Labute approximate surface area is 120 Å². The average Bonchev–Trinajstić information content (AvgIpc) is 2.44. The van der Waals surface area contributed by atoms with Crippen LogP contribution in [0.15, 0.2) is 30.9 Å². The van der Waals surface area contributed by atoms with Gasteiger partial charge in [-0.15, -0.1) is 18.9 Å². The lowest BCUT2D eigenvalue weighted by Crippen LogP contribution is -2.35. The number of ether oxygens (including phenoxy) is 1. The molecule has 0 heterocycles. The number of amides is 1. The lowest BCUT2D eigenvalue weighted by atomic mass is 10.0. The maximum atomic E-state index is 12.1. The molecule has 0 fully saturated rings. The van der Waals surface area contributed by atoms with Crippen LogP contribution >= 0.6 is 0 Å². The number of rotatable bonds is 8. The molecule has 0 aromatic heterocycles. The van der Waals surface area contributed by atoms with Gasteiger partial charge in [-0.3, -0.25) is 10.2 Å². The molecular weight excluding hydrogens is 252 g/mol. The van der Waals surface area contributed by atoms with Crippen molar-refractivity contribution in [2.45, 2.75) is 19.3 Å². The van der Waals surface area contributed by atoms with Crippen molar-refractivity contribution in [3.63, 3.8) is 0 Å². The first-order chi connectivity index (χ1) is 9.74. The summed E-state index contributed by atoms with van der Waals surface area (Å²) in [5.41, 5.74) is 6.61. The normalized spacial score (nSPS) is 9.60. The Morgan fingerprint density at radius 2 is 2.35 bits per heavy atom. The molecule has 1 aromatic rings. The number of unbranched alkanes of at least 4 members (excludes halogenated alkanes) is 1. The van der Waals surface area contributed by atoms with Gasteiger partial charge < -0.3 is 4.74 Å². The van der Waals surface area contributed by atoms with E-state index < -0.39 is 0 Å². The van der Waals surface area contributed by atoms with Crippen LogP contribution in [0.3, 0.4) is 0 Å². The molecule has 4 heteroatoms. The Hall–Kier alpha value is -2.25. The molecular formula is C16H20N2O2. The summed E-state index contributed by atoms with van der Waals surface area (Å²) in [5, 5.41) is 0. The number of nitrogens with one attached hydrogen (secondary N) is 2. The molecule has 2 N–H and O–H groups in total. The van der Waals surface area contributed by atoms with E-state index >= 15 is 0 Å². The van der Waals surface area contributed by atoms with Crippen LogP contribution in [0, 0.1) is 12.3 Å². The zero-order valence-corrected chi connectivity index (χ0v) is 11.7. The molecule has 1 rings (SSSR count). The van der Waals surface area contributed by atoms with Gasteiger partial charge in [0, 0.05) is 13.5 Å². The Bertz CT molecular complexity index is 504. The Morgan fingerprint density at radius 3 is 3.00 bits per heavy atom. The van der Waals surface area contributed by atoms with Crippen molar-refractivity contribution < 1.29 is 9.53 Å². The first kappa shape index (κ1) is 15.8. The van der Waals surface area contributed by atoms with E-state index in [1.807, 2.05) is 12.1 Å². The number of hydrazine groups is 1. The second kappa shape index (κ2) is 8.78. The number of carbonyl (C=O) groups is 1. The molecule has 106 valence electrons. The van der Waals surface area contributed by atoms with Gasteiger partial charge in [0.1, 0.15) is 5.75 Å². The van der Waals surface area contributed by atoms with Crippen LogP contribution in [0.5, 0.6) is 5.75 Å². The first-order valence-electron chi connectivity index (χ1n) is 6.50. The van der Waals surface area contributed by atoms with Crippen LogP contribution in [-0.4, -0.2) is 19.6 Å². The number of hydrogen-bond donors (Lipinski definition) is 2. The summed E-state index contributed by atoms with van der Waals surface area (Å²) in [4.78, 5) is 12.1. The second-order valence-corrected chi connectivity index (χ2v) is 4.14. The zero-order chi connectivity index (χ0) is 14.8. The highest BCUT2D eigenvalue weighted by molar-refractivity contribution is 5.98. The van der Waals surface area contributed by atoms with E-state index in [0.717, 1.165) is 12.0 Å². The Balaban J connectivity index is 2.96. The third kappa shape index (κ3) is 4.45. The van der Waals surface area contributed by atoms with E-state index in [1.54, 1.807) is 19.2 Å². The molecule has 1 aromatic carbocycles. The van der Waals surface area contributed by atoms with Crippen LogP contribution in [0.4, 0.5) is 0 Å². The molecule has 0 saturated carbocycles. The summed E-state index contributed by atoms with van der Waals surface area (Å²) >= 11 is 0. The minimum atomic E-state index is -0.225. The highest BCUT2D eigenvalue weighted by Gasteiger charge is 2.16. The van der Waals surface area contributed by atoms with Gasteiger partial charge in [-0.2, -0.15) is 0 Å². The van der Waals surface area contributed by atoms with E-state index in [1.165, 1.54) is 0 Å². The predicted octanol–water partition coefficient (Wildman–Crippen LogP) is 2.07. The molecule has 0 radical (unpaired) electrons. The fourth-order valence-electron chi connectivity index (χ4n) is 1.81. The minimum absolute atomic E-state index is 0.225. The summed E-state index contributed by atoms with van der Waals surface area (Å²) in [6, 6.07) is 5.54. The second-order valence-electron chi connectivity index (χ2n) is 4.14. The number of terminal acetylenes is 1. The predicted molar refractivity (Wildman–Crippen MR) is 80.4 cm³/mol. The average molecular weight is 272 g/mol. The molecule has 1 amide bonds. The molecule has 0 bridgehead atoms. The van der Waals surface area contributed by atoms with E-state index in [2.05, 4.69) is 23.4 Å². The van der Waals surface area contributed by atoms with Crippen LogP contribution in [0.25, 0.3) is 0 Å². The fourth-order valence-corrected chi connectivity index (χ4v) is 1.81. The topological polar surface area (TPSA) is 50.4 Å². The van der Waals surface area contributed by atoms with Gasteiger partial charge in [0.2, 0.25) is 0 Å². The maximum Gasteiger partial charge on any atom is 0.269 e. The number of allylic oxidation sites excluding steroid dienone is 1. The molecule has 4 nitrogen and oxygen atoms in total. The van der Waals surface area contributed by atoms with Crippen molar-refractivity contribution in [2.75, 3.05) is 13.7 Å². The van der Waals surface area contributed by atoms with Gasteiger partial charge >= 0.3 is 0 Å². The van der Waals surface area contributed by atoms with Gasteiger partial charge in [-0.25, -0.2) is 5.43 Å². The molecule has 0 unspecified atom stereocenters. The van der Waals surface area contributed by atoms with E-state index in [-0.39, 0.29) is 5.91 Å². The summed E-state index contributed by atoms with van der Waals surface area (Å²) < 4.78 is 5.68. The monoisotopic (exact) mass is 272 g/mol. The van der Waals surface area contributed by atoms with E-state index in [0.29, 0.717) is 30.8 Å². The molecule has 0 saturated heterocycles. The van der Waals surface area contributed by atoms with Crippen molar-refractivity contribution in [1.82, 2.24) is 10.9 Å². The molecule has 0 atom stereocenters. The third-order valence-electron chi connectivity index (χ3n) is 2.67. The van der Waals surface area contributed by atoms with E-state index in [4.69, 9.17) is 11.2 Å². The number of carbonyl (C=O) groups excluding carboxylic acids is 1. The summed E-state index contributed by atoms with van der Waals surface area (Å²) in [6.07, 6.45) is 8.98. The van der Waals surface area contributed by atoms with Crippen molar-refractivity contribution in [3.05, 3.63) is 42.0 Å². The smallest absolute Gasteiger partial charge is 0.269 e. The molecule has 0 aliphatic rings. The summed E-state index contributed by atoms with van der Waals surface area (Å²) in [5.74, 6) is 2.90. The van der Waals surface area contributed by atoms with Crippen molar-refractivity contribution in [3.8, 4) is 18.1 Å². The summed E-state index contributed by atoms with van der Waals surface area (Å²) in [6.45, 7) is 4.20. The lowest BCUT2D eigenvalue weighted by molar-refractivity contribution is 0.0933. The van der Waals surface area contributed by atoms with Gasteiger partial charge in [-0.1, -0.05) is 18.2 Å². The van der Waals surface area contributed by atoms with Gasteiger partial charge in [-0.05, 0) is 24.5 Å². The highest BCUT2D eigenvalue weighted by Crippen LogP contribution is 2.23. The van der Waals surface area contributed by atoms with Crippen LogP contribution in [-0.2, 0) is 6.42 Å². The Morgan fingerprint density at radius 1 is 1.55 bits per heavy atom. The van der Waals surface area contributed by atoms with Crippen LogP contribution < -0.4 is 15.6 Å². The van der Waals surface area contributed by atoms with E-state index in [9.17, 15) is 4.79 Å². The van der Waals surface area contributed by atoms with Crippen molar-refractivity contribution in [2.24, 2.45) is 0 Å². The zero-order valence-electron chi connectivity index (χ0n) is 11.7. The molecule has 0 spiro atoms. The van der Waals surface area contributed by atoms with Crippen molar-refractivity contribution >= 4 is 5.91 Å². The fraction of sp³-hybridized carbons (Fsp3) is 0.312. The van der Waals surface area contributed by atoms with Gasteiger partial charge in [0.25, 0.3) is 5.91 Å². The maximum absolute atomic E-state index is 12.1. The van der Waals surface area contributed by atoms with Gasteiger partial charge in [0.05, 0.1) is 12.2 Å². The van der Waals surface area contributed by atoms with Crippen LogP contribution in [0.2, 0.25) is 0 Å². The number of benzene rings is 1. The molecule has 20 heavy (non-hydrogen) atoms. The SMILES string of the molecule is C#CCCCOc1cccc(CC=C)c1C(=O)NNC. The largest absolute Gasteiger partial charge is 0.493 e. The highest BCUT2D eigenvalue weighted by atomic mass is 16.5. The number of hydrogen-bond acceptors (Lipinski definition) is 3. The Kier molecular flexibility index (Phi) is 6.94. The standard InChI is InChI=1S/C16H20N2O2/c1-4-6-7-12-20-14-11-8-10-13(9-5-2)15(14)16(19)18-17-3/h1,5,8,10-11,17H,2,6-7,9,12H2,3H3,(H,18,19). The third-order valence-corrected chi connectivity index (χ3v) is 2.67. The first-order valence-corrected chi connectivity index (χ1v) is 6.50. The molecule has 0 aliphatic carbocycles. The van der Waals surface area contributed by atoms with Gasteiger partial charge in [0.15, 0.2) is 0 Å².